The predicted octanol–water partition coefficient (Wildman–Crippen LogP) is 3.45. The van der Waals surface area contributed by atoms with Crippen molar-refractivity contribution in [3.05, 3.63) is 47.3 Å². The SMILES string of the molecule is N#CCCOCc1ccc(COCc2ccc(COCCC#N)o2)o1. The number of ether oxygens (including phenoxy) is 3. The van der Waals surface area contributed by atoms with Gasteiger partial charge < -0.3 is 23.0 Å². The third kappa shape index (κ3) is 7.23. The lowest BCUT2D eigenvalue weighted by Crippen LogP contribution is -1.94. The van der Waals surface area contributed by atoms with Crippen LogP contribution >= 0.6 is 0 Å². The van der Waals surface area contributed by atoms with E-state index in [-0.39, 0.29) is 0 Å². The highest BCUT2D eigenvalue weighted by molar-refractivity contribution is 5.07. The van der Waals surface area contributed by atoms with E-state index in [2.05, 4.69) is 0 Å². The maximum atomic E-state index is 8.43. The second kappa shape index (κ2) is 11.1. The fourth-order valence-electron chi connectivity index (χ4n) is 1.99. The molecule has 7 nitrogen and oxygen atoms in total. The maximum absolute atomic E-state index is 8.43. The van der Waals surface area contributed by atoms with Crippen LogP contribution in [0.5, 0.6) is 0 Å². The van der Waals surface area contributed by atoms with Crippen molar-refractivity contribution in [2.24, 2.45) is 0 Å². The quantitative estimate of drug-likeness (QED) is 0.543. The Bertz CT molecular complexity index is 647. The number of nitriles is 2. The van der Waals surface area contributed by atoms with E-state index in [1.165, 1.54) is 0 Å². The normalized spacial score (nSPS) is 10.5. The molecule has 25 heavy (non-hydrogen) atoms. The van der Waals surface area contributed by atoms with Crippen LogP contribution in [0.3, 0.4) is 0 Å². The highest BCUT2D eigenvalue weighted by Gasteiger charge is 2.06. The third-order valence-electron chi connectivity index (χ3n) is 3.13. The summed E-state index contributed by atoms with van der Waals surface area (Å²) in [5, 5.41) is 16.9. The van der Waals surface area contributed by atoms with Gasteiger partial charge in [-0.3, -0.25) is 0 Å². The summed E-state index contributed by atoms with van der Waals surface area (Å²) in [7, 11) is 0. The van der Waals surface area contributed by atoms with E-state index in [1.54, 1.807) is 0 Å². The Kier molecular flexibility index (Phi) is 8.30. The molecular formula is C18H20N2O5. The lowest BCUT2D eigenvalue weighted by molar-refractivity contribution is 0.0691. The van der Waals surface area contributed by atoms with Crippen LogP contribution in [0.15, 0.2) is 33.1 Å². The molecule has 0 bridgehead atoms. The molecule has 2 rings (SSSR count). The van der Waals surface area contributed by atoms with Gasteiger partial charge in [0.1, 0.15) is 49.5 Å². The zero-order valence-corrected chi connectivity index (χ0v) is 13.9. The summed E-state index contributed by atoms with van der Waals surface area (Å²) in [6, 6.07) is 11.4. The second-order valence-corrected chi connectivity index (χ2v) is 5.15. The van der Waals surface area contributed by atoms with Gasteiger partial charge in [0.15, 0.2) is 0 Å². The molecule has 0 spiro atoms. The van der Waals surface area contributed by atoms with Crippen LogP contribution in [0, 0.1) is 22.7 Å². The molecule has 0 unspecified atom stereocenters. The van der Waals surface area contributed by atoms with E-state index in [1.807, 2.05) is 36.4 Å². The van der Waals surface area contributed by atoms with Gasteiger partial charge in [-0.1, -0.05) is 0 Å². The summed E-state index contributed by atoms with van der Waals surface area (Å²) in [5.74, 6) is 2.80. The van der Waals surface area contributed by atoms with Crippen LogP contribution < -0.4 is 0 Å². The van der Waals surface area contributed by atoms with Gasteiger partial charge in [0.05, 0.1) is 38.2 Å². The van der Waals surface area contributed by atoms with Gasteiger partial charge >= 0.3 is 0 Å². The molecule has 0 amide bonds. The van der Waals surface area contributed by atoms with Crippen LogP contribution in [-0.4, -0.2) is 13.2 Å². The van der Waals surface area contributed by atoms with Gasteiger partial charge in [-0.25, -0.2) is 0 Å². The Balaban J connectivity index is 1.64. The van der Waals surface area contributed by atoms with Gasteiger partial charge in [0.25, 0.3) is 0 Å². The Hall–Kier alpha value is -2.58. The number of furan rings is 2. The van der Waals surface area contributed by atoms with Crippen LogP contribution in [-0.2, 0) is 40.6 Å². The molecule has 0 aliphatic heterocycles. The number of rotatable bonds is 12. The molecule has 0 fully saturated rings. The maximum Gasteiger partial charge on any atom is 0.130 e. The molecule has 0 aromatic carbocycles. The Morgan fingerprint density at radius 3 is 1.36 bits per heavy atom. The summed E-state index contributed by atoms with van der Waals surface area (Å²) in [5.41, 5.74) is 0. The van der Waals surface area contributed by atoms with Crippen molar-refractivity contribution in [2.75, 3.05) is 13.2 Å². The van der Waals surface area contributed by atoms with Crippen molar-refractivity contribution in [1.29, 1.82) is 10.5 Å². The summed E-state index contributed by atoms with van der Waals surface area (Å²) in [6.45, 7) is 2.12. The Morgan fingerprint density at radius 2 is 1.00 bits per heavy atom. The third-order valence-corrected chi connectivity index (χ3v) is 3.13. The highest BCUT2D eigenvalue weighted by atomic mass is 16.5. The lowest BCUT2D eigenvalue weighted by Gasteiger charge is -2.01. The van der Waals surface area contributed by atoms with Gasteiger partial charge in [0, 0.05) is 0 Å². The van der Waals surface area contributed by atoms with E-state index in [0.29, 0.717) is 75.5 Å². The van der Waals surface area contributed by atoms with Crippen LogP contribution in [0.25, 0.3) is 0 Å². The predicted molar refractivity (Wildman–Crippen MR) is 85.7 cm³/mol. The van der Waals surface area contributed by atoms with E-state index in [4.69, 9.17) is 33.6 Å². The molecule has 132 valence electrons. The molecule has 2 aromatic heterocycles. The summed E-state index contributed by atoms with van der Waals surface area (Å²) in [4.78, 5) is 0. The van der Waals surface area contributed by atoms with E-state index < -0.39 is 0 Å². The molecule has 0 aliphatic carbocycles. The van der Waals surface area contributed by atoms with E-state index >= 15 is 0 Å². The largest absolute Gasteiger partial charge is 0.461 e. The molecule has 0 aliphatic rings. The topological polar surface area (TPSA) is 102 Å². The van der Waals surface area contributed by atoms with Crippen molar-refractivity contribution in [1.82, 2.24) is 0 Å². The van der Waals surface area contributed by atoms with Crippen LogP contribution in [0.4, 0.5) is 0 Å². The fraction of sp³-hybridized carbons (Fsp3) is 0.444. The van der Waals surface area contributed by atoms with Crippen LogP contribution in [0.2, 0.25) is 0 Å². The Labute approximate surface area is 146 Å². The van der Waals surface area contributed by atoms with Gasteiger partial charge in [-0.15, -0.1) is 0 Å². The molecule has 7 heteroatoms. The zero-order valence-electron chi connectivity index (χ0n) is 13.9. The van der Waals surface area contributed by atoms with Gasteiger partial charge in [-0.2, -0.15) is 10.5 Å². The van der Waals surface area contributed by atoms with Crippen molar-refractivity contribution in [3.8, 4) is 12.1 Å². The molecule has 2 aromatic rings. The van der Waals surface area contributed by atoms with Gasteiger partial charge in [0.2, 0.25) is 0 Å². The molecule has 0 N–H and O–H groups in total. The minimum Gasteiger partial charge on any atom is -0.461 e. The van der Waals surface area contributed by atoms with E-state index in [0.717, 1.165) is 0 Å². The van der Waals surface area contributed by atoms with Crippen molar-refractivity contribution in [3.63, 3.8) is 0 Å². The highest BCUT2D eigenvalue weighted by Crippen LogP contribution is 2.14. The molecule has 0 saturated carbocycles. The smallest absolute Gasteiger partial charge is 0.130 e. The van der Waals surface area contributed by atoms with Crippen molar-refractivity contribution >= 4 is 0 Å². The first kappa shape index (κ1) is 18.8. The Morgan fingerprint density at radius 1 is 0.640 bits per heavy atom. The standard InChI is InChI=1S/C18H20N2O5/c19-7-1-9-21-11-15-3-5-17(24-15)13-23-14-18-6-4-16(25-18)12-22-10-2-8-20/h3-6H,1-2,9-14H2. The van der Waals surface area contributed by atoms with E-state index in [9.17, 15) is 0 Å². The van der Waals surface area contributed by atoms with Crippen molar-refractivity contribution < 1.29 is 23.0 Å². The first-order valence-corrected chi connectivity index (χ1v) is 7.94. The summed E-state index contributed by atoms with van der Waals surface area (Å²) in [6.07, 6.45) is 0.732. The molecule has 0 radical (unpaired) electrons. The zero-order chi connectivity index (χ0) is 17.7. The average molecular weight is 344 g/mol. The monoisotopic (exact) mass is 344 g/mol. The molecule has 2 heterocycles. The second-order valence-electron chi connectivity index (χ2n) is 5.15. The first-order valence-electron chi connectivity index (χ1n) is 7.94. The molecule has 0 saturated heterocycles. The summed E-state index contributed by atoms with van der Waals surface area (Å²) < 4.78 is 27.3. The van der Waals surface area contributed by atoms with Crippen molar-refractivity contribution in [2.45, 2.75) is 39.3 Å². The average Bonchev–Trinajstić information content (AvgIpc) is 3.25. The lowest BCUT2D eigenvalue weighted by atomic mass is 10.4. The number of hydrogen-bond acceptors (Lipinski definition) is 7. The minimum absolute atomic E-state index is 0.326. The summed E-state index contributed by atoms with van der Waals surface area (Å²) >= 11 is 0. The van der Waals surface area contributed by atoms with Gasteiger partial charge in [-0.05, 0) is 24.3 Å². The number of hydrogen-bond donors (Lipinski definition) is 0. The minimum atomic E-state index is 0.326. The molecule has 0 atom stereocenters. The molecular weight excluding hydrogens is 324 g/mol. The fourth-order valence-corrected chi connectivity index (χ4v) is 1.99. The number of nitrogens with zero attached hydrogens (tertiary/aromatic N) is 2. The van der Waals surface area contributed by atoms with Crippen LogP contribution in [0.1, 0.15) is 35.9 Å². The first-order chi connectivity index (χ1) is 12.3.